The molecule has 0 aromatic heterocycles. The van der Waals surface area contributed by atoms with E-state index in [-0.39, 0.29) is 16.8 Å². The lowest BCUT2D eigenvalue weighted by atomic mass is 10.4. The predicted molar refractivity (Wildman–Crippen MR) is 50.1 cm³/mol. The summed E-state index contributed by atoms with van der Waals surface area (Å²) in [6.45, 7) is 0.789. The molecule has 0 aliphatic heterocycles. The number of rotatable bonds is 4. The molecule has 0 unspecified atom stereocenters. The van der Waals surface area contributed by atoms with Crippen molar-refractivity contribution >= 4 is 22.8 Å². The van der Waals surface area contributed by atoms with E-state index < -0.39 is 0 Å². The van der Waals surface area contributed by atoms with Crippen molar-refractivity contribution in [3.63, 3.8) is 0 Å². The Balaban J connectivity index is 1.98. The third-order valence-corrected chi connectivity index (χ3v) is 2.36. The van der Waals surface area contributed by atoms with Gasteiger partial charge in [0.2, 0.25) is 5.91 Å². The fourth-order valence-corrected chi connectivity index (χ4v) is 1.16. The molecule has 0 bridgehead atoms. The van der Waals surface area contributed by atoms with Crippen LogP contribution in [0.5, 0.6) is 0 Å². The summed E-state index contributed by atoms with van der Waals surface area (Å²) in [5, 5.41) is 9.66. The van der Waals surface area contributed by atoms with Crippen LogP contribution in [-0.2, 0) is 4.79 Å². The lowest BCUT2D eigenvalue weighted by Gasteiger charge is -2.01. The van der Waals surface area contributed by atoms with Crippen molar-refractivity contribution in [2.24, 2.45) is 11.7 Å². The third-order valence-electron chi connectivity index (χ3n) is 1.64. The van der Waals surface area contributed by atoms with Crippen molar-refractivity contribution in [3.8, 4) is 0 Å². The molecule has 0 aromatic carbocycles. The van der Waals surface area contributed by atoms with Gasteiger partial charge in [0.15, 0.2) is 5.17 Å². The van der Waals surface area contributed by atoms with Crippen molar-refractivity contribution in [2.75, 3.05) is 12.3 Å². The number of carbonyl (C=O) groups is 1. The zero-order valence-corrected chi connectivity index (χ0v) is 7.62. The Morgan fingerprint density at radius 3 is 2.83 bits per heavy atom. The minimum absolute atomic E-state index is 0.00317. The number of nitrogens with one attached hydrogen (secondary N) is 2. The van der Waals surface area contributed by atoms with Crippen LogP contribution in [0.1, 0.15) is 12.8 Å². The molecule has 1 saturated carbocycles. The van der Waals surface area contributed by atoms with E-state index in [1.807, 2.05) is 0 Å². The van der Waals surface area contributed by atoms with Crippen LogP contribution in [0.2, 0.25) is 0 Å². The molecule has 1 aliphatic carbocycles. The van der Waals surface area contributed by atoms with E-state index in [2.05, 4.69) is 5.32 Å². The summed E-state index contributed by atoms with van der Waals surface area (Å²) in [7, 11) is 0. The van der Waals surface area contributed by atoms with Gasteiger partial charge in [-0.05, 0) is 18.8 Å². The number of nitrogens with two attached hydrogens (primary N) is 1. The smallest absolute Gasteiger partial charge is 0.230 e. The highest BCUT2D eigenvalue weighted by Crippen LogP contribution is 2.27. The minimum atomic E-state index is -0.0258. The molecular weight excluding hydrogens is 174 g/mol. The normalized spacial score (nSPS) is 15.7. The first kappa shape index (κ1) is 9.38. The van der Waals surface area contributed by atoms with Gasteiger partial charge in [0.1, 0.15) is 0 Å². The molecule has 4 nitrogen and oxygen atoms in total. The maximum absolute atomic E-state index is 11.0. The van der Waals surface area contributed by atoms with Gasteiger partial charge >= 0.3 is 0 Å². The molecule has 0 heterocycles. The van der Waals surface area contributed by atoms with Gasteiger partial charge in [-0.3, -0.25) is 10.2 Å². The van der Waals surface area contributed by atoms with Crippen LogP contribution in [0.4, 0.5) is 0 Å². The van der Waals surface area contributed by atoms with Gasteiger partial charge in [0, 0.05) is 6.54 Å². The Morgan fingerprint density at radius 2 is 2.33 bits per heavy atom. The first-order chi connectivity index (χ1) is 5.68. The van der Waals surface area contributed by atoms with Crippen molar-refractivity contribution in [1.29, 1.82) is 5.41 Å². The fourth-order valence-electron chi connectivity index (χ4n) is 0.774. The summed E-state index contributed by atoms with van der Waals surface area (Å²) in [5.41, 5.74) is 5.08. The number of hydrogen-bond acceptors (Lipinski definition) is 3. The van der Waals surface area contributed by atoms with E-state index in [1.165, 1.54) is 12.8 Å². The first-order valence-electron chi connectivity index (χ1n) is 3.92. The van der Waals surface area contributed by atoms with E-state index in [1.54, 1.807) is 0 Å². The average molecular weight is 187 g/mol. The number of amides is 1. The summed E-state index contributed by atoms with van der Waals surface area (Å²) in [6, 6.07) is 0. The largest absolute Gasteiger partial charge is 0.379 e. The van der Waals surface area contributed by atoms with Gasteiger partial charge in [0.25, 0.3) is 0 Å². The van der Waals surface area contributed by atoms with E-state index in [9.17, 15) is 4.79 Å². The van der Waals surface area contributed by atoms with E-state index in [4.69, 9.17) is 11.1 Å². The second-order valence-corrected chi connectivity index (χ2v) is 3.92. The van der Waals surface area contributed by atoms with Crippen LogP contribution in [-0.4, -0.2) is 23.4 Å². The SMILES string of the molecule is N=C(N)SCC(=O)NCC1CC1. The van der Waals surface area contributed by atoms with Gasteiger partial charge in [0.05, 0.1) is 5.75 Å². The molecule has 1 rings (SSSR count). The van der Waals surface area contributed by atoms with Crippen LogP contribution < -0.4 is 11.1 Å². The predicted octanol–water partition coefficient (Wildman–Crippen LogP) is 0.139. The molecule has 0 saturated heterocycles. The summed E-state index contributed by atoms with van der Waals surface area (Å²) >= 11 is 1.06. The first-order valence-corrected chi connectivity index (χ1v) is 4.90. The van der Waals surface area contributed by atoms with Gasteiger partial charge < -0.3 is 11.1 Å². The summed E-state index contributed by atoms with van der Waals surface area (Å²) < 4.78 is 0. The van der Waals surface area contributed by atoms with E-state index in [0.29, 0.717) is 5.92 Å². The Labute approximate surface area is 75.8 Å². The van der Waals surface area contributed by atoms with Crippen molar-refractivity contribution < 1.29 is 4.79 Å². The second-order valence-electron chi connectivity index (χ2n) is 2.90. The Kier molecular flexibility index (Phi) is 3.40. The van der Waals surface area contributed by atoms with E-state index in [0.717, 1.165) is 18.3 Å². The topological polar surface area (TPSA) is 79.0 Å². The minimum Gasteiger partial charge on any atom is -0.379 e. The Hall–Kier alpha value is -0.710. The molecule has 0 spiro atoms. The molecule has 0 radical (unpaired) electrons. The quantitative estimate of drug-likeness (QED) is 0.432. The molecule has 1 aliphatic rings. The number of amidine groups is 1. The third kappa shape index (κ3) is 4.23. The van der Waals surface area contributed by atoms with Gasteiger partial charge in [-0.1, -0.05) is 11.8 Å². The molecule has 0 atom stereocenters. The molecular formula is C7H13N3OS. The standard InChI is InChI=1S/C7H13N3OS/c8-7(9)12-4-6(11)10-3-5-1-2-5/h5H,1-4H2,(H3,8,9)(H,10,11). The zero-order valence-electron chi connectivity index (χ0n) is 6.80. The van der Waals surface area contributed by atoms with Crippen LogP contribution in [0, 0.1) is 11.3 Å². The Morgan fingerprint density at radius 1 is 1.67 bits per heavy atom. The number of carbonyl (C=O) groups excluding carboxylic acids is 1. The molecule has 1 fully saturated rings. The molecule has 12 heavy (non-hydrogen) atoms. The van der Waals surface area contributed by atoms with Crippen LogP contribution in [0.15, 0.2) is 0 Å². The molecule has 68 valence electrons. The average Bonchev–Trinajstić information content (AvgIpc) is 2.80. The highest BCUT2D eigenvalue weighted by atomic mass is 32.2. The Bertz CT molecular complexity index is 191. The molecule has 5 heteroatoms. The maximum Gasteiger partial charge on any atom is 0.230 e. The zero-order chi connectivity index (χ0) is 8.97. The van der Waals surface area contributed by atoms with Gasteiger partial charge in [-0.2, -0.15) is 0 Å². The van der Waals surface area contributed by atoms with Crippen LogP contribution in [0.3, 0.4) is 0 Å². The van der Waals surface area contributed by atoms with Crippen molar-refractivity contribution in [3.05, 3.63) is 0 Å². The summed E-state index contributed by atoms with van der Waals surface area (Å²) in [5.74, 6) is 0.945. The molecule has 1 amide bonds. The number of hydrogen-bond donors (Lipinski definition) is 3. The second kappa shape index (κ2) is 4.35. The summed E-state index contributed by atoms with van der Waals surface area (Å²) in [6.07, 6.45) is 2.47. The fraction of sp³-hybridized carbons (Fsp3) is 0.714. The maximum atomic E-state index is 11.0. The van der Waals surface area contributed by atoms with Crippen molar-refractivity contribution in [1.82, 2.24) is 5.32 Å². The van der Waals surface area contributed by atoms with Crippen LogP contribution in [0.25, 0.3) is 0 Å². The molecule has 4 N–H and O–H groups in total. The number of thioether (sulfide) groups is 1. The van der Waals surface area contributed by atoms with Crippen molar-refractivity contribution in [2.45, 2.75) is 12.8 Å². The van der Waals surface area contributed by atoms with E-state index >= 15 is 0 Å². The summed E-state index contributed by atoms with van der Waals surface area (Å²) in [4.78, 5) is 11.0. The molecule has 0 aromatic rings. The monoisotopic (exact) mass is 187 g/mol. The lowest BCUT2D eigenvalue weighted by Crippen LogP contribution is -2.28. The van der Waals surface area contributed by atoms with Crippen LogP contribution >= 0.6 is 11.8 Å². The highest BCUT2D eigenvalue weighted by molar-refractivity contribution is 8.14. The lowest BCUT2D eigenvalue weighted by molar-refractivity contribution is -0.118. The highest BCUT2D eigenvalue weighted by Gasteiger charge is 2.21. The van der Waals surface area contributed by atoms with Gasteiger partial charge in [-0.25, -0.2) is 0 Å². The van der Waals surface area contributed by atoms with Gasteiger partial charge in [-0.15, -0.1) is 0 Å².